The number of benzene rings is 2. The molecule has 0 radical (unpaired) electrons. The first-order valence-electron chi connectivity index (χ1n) is 7.49. The van der Waals surface area contributed by atoms with E-state index >= 15 is 0 Å². The molecule has 1 heterocycles. The van der Waals surface area contributed by atoms with Crippen LogP contribution in [0.2, 0.25) is 5.02 Å². The van der Waals surface area contributed by atoms with Gasteiger partial charge in [-0.15, -0.1) is 0 Å². The first kappa shape index (κ1) is 16.8. The lowest BCUT2D eigenvalue weighted by Gasteiger charge is -2.04. The highest BCUT2D eigenvalue weighted by Gasteiger charge is 2.08. The number of hydrogen-bond acceptors (Lipinski definition) is 4. The van der Waals surface area contributed by atoms with Crippen LogP contribution < -0.4 is 10.2 Å². The zero-order valence-electron chi connectivity index (χ0n) is 13.4. The Morgan fingerprint density at radius 2 is 1.96 bits per heavy atom. The van der Waals surface area contributed by atoms with Crippen LogP contribution in [0.15, 0.2) is 70.2 Å². The fourth-order valence-corrected chi connectivity index (χ4v) is 2.46. The molecule has 0 unspecified atom stereocenters. The number of carbonyl (C=O) groups is 1. The second-order valence-corrected chi connectivity index (χ2v) is 5.52. The highest BCUT2D eigenvalue weighted by Crippen LogP contribution is 2.30. The average Bonchev–Trinajstić information content (AvgIpc) is 3.11. The molecule has 25 heavy (non-hydrogen) atoms. The number of amides is 1. The van der Waals surface area contributed by atoms with Crippen LogP contribution in [0.4, 0.5) is 0 Å². The number of nitrogens with zero attached hydrogens (tertiary/aromatic N) is 1. The Morgan fingerprint density at radius 3 is 2.68 bits per heavy atom. The van der Waals surface area contributed by atoms with E-state index in [1.807, 2.05) is 12.1 Å². The van der Waals surface area contributed by atoms with E-state index in [0.29, 0.717) is 27.9 Å². The van der Waals surface area contributed by atoms with E-state index in [0.717, 1.165) is 5.56 Å². The van der Waals surface area contributed by atoms with Gasteiger partial charge in [0.2, 0.25) is 0 Å². The van der Waals surface area contributed by atoms with Crippen molar-refractivity contribution < 1.29 is 13.9 Å². The minimum absolute atomic E-state index is 0.287. The maximum Gasteiger partial charge on any atom is 0.271 e. The Hall–Kier alpha value is -3.05. The predicted octanol–water partition coefficient (Wildman–Crippen LogP) is 4.37. The summed E-state index contributed by atoms with van der Waals surface area (Å²) in [5.41, 5.74) is 3.81. The third-order valence-corrected chi connectivity index (χ3v) is 3.75. The number of rotatable bonds is 5. The maximum absolute atomic E-state index is 11.9. The number of halogens is 1. The van der Waals surface area contributed by atoms with E-state index in [1.165, 1.54) is 6.21 Å². The van der Waals surface area contributed by atoms with E-state index in [-0.39, 0.29) is 5.91 Å². The van der Waals surface area contributed by atoms with Gasteiger partial charge in [-0.1, -0.05) is 29.8 Å². The van der Waals surface area contributed by atoms with Crippen molar-refractivity contribution >= 4 is 23.7 Å². The van der Waals surface area contributed by atoms with E-state index in [2.05, 4.69) is 10.5 Å². The number of methoxy groups -OCH3 is 1. The lowest BCUT2D eigenvalue weighted by Crippen LogP contribution is -2.17. The van der Waals surface area contributed by atoms with E-state index in [9.17, 15) is 4.79 Å². The third kappa shape index (κ3) is 4.08. The highest BCUT2D eigenvalue weighted by molar-refractivity contribution is 6.32. The van der Waals surface area contributed by atoms with Gasteiger partial charge in [0, 0.05) is 11.1 Å². The SMILES string of the molecule is COc1ccc(-c2ccc(C=NNC(=O)c3ccccc3)o2)cc1Cl. The average molecular weight is 355 g/mol. The molecule has 0 bridgehead atoms. The Balaban J connectivity index is 1.67. The topological polar surface area (TPSA) is 63.8 Å². The Morgan fingerprint density at radius 1 is 1.16 bits per heavy atom. The van der Waals surface area contributed by atoms with Gasteiger partial charge in [-0.05, 0) is 42.5 Å². The van der Waals surface area contributed by atoms with Crippen LogP contribution >= 0.6 is 11.6 Å². The van der Waals surface area contributed by atoms with Gasteiger partial charge >= 0.3 is 0 Å². The van der Waals surface area contributed by atoms with Crippen LogP contribution in [-0.4, -0.2) is 19.2 Å². The van der Waals surface area contributed by atoms with Gasteiger partial charge in [0.15, 0.2) is 0 Å². The van der Waals surface area contributed by atoms with Crippen molar-refractivity contribution in [1.29, 1.82) is 0 Å². The molecule has 0 saturated carbocycles. The summed E-state index contributed by atoms with van der Waals surface area (Å²) in [7, 11) is 1.56. The molecular formula is C19H15ClN2O3. The molecule has 0 spiro atoms. The molecule has 1 N–H and O–H groups in total. The predicted molar refractivity (Wildman–Crippen MR) is 97.2 cm³/mol. The fraction of sp³-hybridized carbons (Fsp3) is 0.0526. The van der Waals surface area contributed by atoms with Crippen LogP contribution in [-0.2, 0) is 0 Å². The van der Waals surface area contributed by atoms with Gasteiger partial charge in [0.05, 0.1) is 18.3 Å². The molecule has 0 aliphatic rings. The van der Waals surface area contributed by atoms with Gasteiger partial charge in [-0.25, -0.2) is 5.43 Å². The number of ether oxygens (including phenoxy) is 1. The number of hydrazone groups is 1. The smallest absolute Gasteiger partial charge is 0.271 e. The molecule has 2 aromatic carbocycles. The Labute approximate surface area is 149 Å². The van der Waals surface area contributed by atoms with E-state index in [4.69, 9.17) is 20.8 Å². The summed E-state index contributed by atoms with van der Waals surface area (Å²) < 4.78 is 10.8. The number of furan rings is 1. The summed E-state index contributed by atoms with van der Waals surface area (Å²) >= 11 is 6.12. The number of nitrogens with one attached hydrogen (secondary N) is 1. The van der Waals surface area contributed by atoms with Crippen molar-refractivity contribution in [1.82, 2.24) is 5.43 Å². The van der Waals surface area contributed by atoms with Crippen molar-refractivity contribution in [3.05, 3.63) is 77.0 Å². The molecule has 0 aliphatic heterocycles. The minimum Gasteiger partial charge on any atom is -0.495 e. The van der Waals surface area contributed by atoms with Crippen molar-refractivity contribution in [2.45, 2.75) is 0 Å². The van der Waals surface area contributed by atoms with Crippen LogP contribution in [0, 0.1) is 0 Å². The molecule has 1 amide bonds. The van der Waals surface area contributed by atoms with Crippen LogP contribution in [0.1, 0.15) is 16.1 Å². The van der Waals surface area contributed by atoms with Crippen molar-refractivity contribution in [2.75, 3.05) is 7.11 Å². The molecule has 3 aromatic rings. The zero-order chi connectivity index (χ0) is 17.6. The summed E-state index contributed by atoms with van der Waals surface area (Å²) in [6, 6.07) is 17.8. The lowest BCUT2D eigenvalue weighted by atomic mass is 10.2. The Kier molecular flexibility index (Phi) is 5.16. The van der Waals surface area contributed by atoms with Gasteiger partial charge in [-0.3, -0.25) is 4.79 Å². The third-order valence-electron chi connectivity index (χ3n) is 3.46. The molecule has 3 rings (SSSR count). The molecule has 1 aromatic heterocycles. The molecule has 0 aliphatic carbocycles. The summed E-state index contributed by atoms with van der Waals surface area (Å²) in [5, 5.41) is 4.41. The monoisotopic (exact) mass is 354 g/mol. The molecule has 0 saturated heterocycles. The molecule has 0 fully saturated rings. The highest BCUT2D eigenvalue weighted by atomic mass is 35.5. The number of hydrogen-bond donors (Lipinski definition) is 1. The van der Waals surface area contributed by atoms with Gasteiger partial charge in [0.1, 0.15) is 17.3 Å². The van der Waals surface area contributed by atoms with Crippen molar-refractivity contribution in [3.8, 4) is 17.1 Å². The van der Waals surface area contributed by atoms with Crippen molar-refractivity contribution in [3.63, 3.8) is 0 Å². The number of carbonyl (C=O) groups excluding carboxylic acids is 1. The molecular weight excluding hydrogens is 340 g/mol. The van der Waals surface area contributed by atoms with E-state index in [1.54, 1.807) is 55.6 Å². The standard InChI is InChI=1S/C19H15ClN2O3/c1-24-18-9-7-14(11-16(18)20)17-10-8-15(25-17)12-21-22-19(23)13-5-3-2-4-6-13/h2-12H,1H3,(H,22,23). The summed E-state index contributed by atoms with van der Waals surface area (Å²) in [6.45, 7) is 0. The van der Waals surface area contributed by atoms with Crippen LogP contribution in [0.5, 0.6) is 5.75 Å². The normalized spacial score (nSPS) is 10.8. The largest absolute Gasteiger partial charge is 0.495 e. The molecule has 0 atom stereocenters. The summed E-state index contributed by atoms with van der Waals surface area (Å²) in [6.07, 6.45) is 1.44. The summed E-state index contributed by atoms with van der Waals surface area (Å²) in [4.78, 5) is 11.9. The van der Waals surface area contributed by atoms with Gasteiger partial charge in [0.25, 0.3) is 5.91 Å². The summed E-state index contributed by atoms with van der Waals surface area (Å²) in [5.74, 6) is 1.46. The fourth-order valence-electron chi connectivity index (χ4n) is 2.21. The van der Waals surface area contributed by atoms with Crippen molar-refractivity contribution in [2.24, 2.45) is 5.10 Å². The Bertz CT molecular complexity index is 904. The second-order valence-electron chi connectivity index (χ2n) is 5.12. The minimum atomic E-state index is -0.287. The lowest BCUT2D eigenvalue weighted by molar-refractivity contribution is 0.0955. The molecule has 126 valence electrons. The van der Waals surface area contributed by atoms with E-state index < -0.39 is 0 Å². The second kappa shape index (κ2) is 7.68. The molecule has 6 heteroatoms. The first-order valence-corrected chi connectivity index (χ1v) is 7.87. The first-order chi connectivity index (χ1) is 12.2. The van der Waals surface area contributed by atoms with Crippen LogP contribution in [0.25, 0.3) is 11.3 Å². The van der Waals surface area contributed by atoms with Gasteiger partial charge < -0.3 is 9.15 Å². The maximum atomic E-state index is 11.9. The van der Waals surface area contributed by atoms with Crippen LogP contribution in [0.3, 0.4) is 0 Å². The van der Waals surface area contributed by atoms with Gasteiger partial charge in [-0.2, -0.15) is 5.10 Å². The zero-order valence-corrected chi connectivity index (χ0v) is 14.2. The molecule has 5 nitrogen and oxygen atoms in total. The quantitative estimate of drug-likeness (QED) is 0.546.